The third-order valence-electron chi connectivity index (χ3n) is 2.42. The van der Waals surface area contributed by atoms with Gasteiger partial charge in [-0.25, -0.2) is 4.79 Å². The van der Waals surface area contributed by atoms with Crippen molar-refractivity contribution in [1.29, 1.82) is 0 Å². The zero-order valence-electron chi connectivity index (χ0n) is 9.61. The van der Waals surface area contributed by atoms with Crippen LogP contribution in [0.5, 0.6) is 0 Å². The zero-order valence-corrected chi connectivity index (χ0v) is 10.5. The molecule has 1 amide bonds. The Kier molecular flexibility index (Phi) is 5.67. The van der Waals surface area contributed by atoms with Crippen molar-refractivity contribution in [3.8, 4) is 0 Å². The van der Waals surface area contributed by atoms with Crippen LogP contribution < -0.4 is 5.32 Å². The molecule has 1 aromatic rings. The lowest BCUT2D eigenvalue weighted by atomic mass is 10.0. The minimum atomic E-state index is -1.64. The lowest BCUT2D eigenvalue weighted by Gasteiger charge is -2.21. The topological polar surface area (TPSA) is 86.6 Å². The maximum Gasteiger partial charge on any atom is 0.334 e. The number of aliphatic hydroxyl groups excluding tert-OH is 1. The fraction of sp³-hybridized carbons (Fsp3) is 0.333. The average molecular weight is 269 g/mol. The first kappa shape index (κ1) is 14.5. The minimum Gasteiger partial charge on any atom is -0.479 e. The van der Waals surface area contributed by atoms with E-state index >= 15 is 0 Å². The quantitative estimate of drug-likeness (QED) is 0.551. The van der Waals surface area contributed by atoms with Crippen LogP contribution in [0.2, 0.25) is 0 Å². The number of aliphatic carboxylic acids is 1. The van der Waals surface area contributed by atoms with Gasteiger partial charge in [0.2, 0.25) is 5.91 Å². The number of carbonyl (C=O) groups excluding carboxylic acids is 1. The van der Waals surface area contributed by atoms with Crippen molar-refractivity contribution < 1.29 is 19.8 Å². The summed E-state index contributed by atoms with van der Waals surface area (Å²) in [5.41, 5.74) is 0.835. The van der Waals surface area contributed by atoms with Gasteiger partial charge in [0, 0.05) is 0 Å². The van der Waals surface area contributed by atoms with Crippen LogP contribution in [-0.4, -0.2) is 40.0 Å². The largest absolute Gasteiger partial charge is 0.479 e. The first-order valence-electron chi connectivity index (χ1n) is 5.39. The number of carboxylic acids is 1. The van der Waals surface area contributed by atoms with Crippen LogP contribution in [0.25, 0.3) is 0 Å². The van der Waals surface area contributed by atoms with Gasteiger partial charge in [-0.05, 0) is 12.0 Å². The number of carbonyl (C=O) groups is 2. The van der Waals surface area contributed by atoms with Gasteiger partial charge in [0.1, 0.15) is 0 Å². The molecule has 0 aliphatic rings. The molecule has 0 aromatic heterocycles. The molecule has 0 fully saturated rings. The van der Waals surface area contributed by atoms with E-state index in [-0.39, 0.29) is 12.2 Å². The lowest BCUT2D eigenvalue weighted by molar-refractivity contribution is -0.148. The number of nitrogens with one attached hydrogen (secondary N) is 1. The molecule has 1 aromatic carbocycles. The number of aliphatic hydroxyl groups is 1. The van der Waals surface area contributed by atoms with Crippen LogP contribution in [0.15, 0.2) is 30.3 Å². The fourth-order valence-electron chi connectivity index (χ4n) is 1.53. The Morgan fingerprint density at radius 1 is 1.28 bits per heavy atom. The van der Waals surface area contributed by atoms with Crippen molar-refractivity contribution in [2.24, 2.45) is 0 Å². The summed E-state index contributed by atoms with van der Waals surface area (Å²) in [6.07, 6.45) is -1.40. The first-order chi connectivity index (χ1) is 8.54. The van der Waals surface area contributed by atoms with E-state index in [1.54, 1.807) is 24.3 Å². The number of thiol groups is 1. The smallest absolute Gasteiger partial charge is 0.334 e. The number of amides is 1. The Morgan fingerprint density at radius 2 is 1.89 bits per heavy atom. The van der Waals surface area contributed by atoms with Crippen LogP contribution in [0.3, 0.4) is 0 Å². The van der Waals surface area contributed by atoms with E-state index < -0.39 is 24.0 Å². The normalized spacial score (nSPS) is 13.7. The van der Waals surface area contributed by atoms with Crippen LogP contribution in [0.4, 0.5) is 0 Å². The van der Waals surface area contributed by atoms with Crippen LogP contribution in [0.1, 0.15) is 5.56 Å². The maximum atomic E-state index is 11.2. The number of hydrogen-bond donors (Lipinski definition) is 4. The molecule has 0 bridgehead atoms. The standard InChI is InChI=1S/C12H15NO4S/c14-10(7-18)13-9(11(15)12(16)17)6-8-4-2-1-3-5-8/h1-5,9,11,15,18H,6-7H2,(H,13,14)(H,16,17)/t9-,11-/m0/s1. The fourth-order valence-corrected chi connectivity index (χ4v) is 1.63. The van der Waals surface area contributed by atoms with Gasteiger partial charge in [0.05, 0.1) is 11.8 Å². The van der Waals surface area contributed by atoms with Crippen molar-refractivity contribution in [2.75, 3.05) is 5.75 Å². The molecule has 0 saturated heterocycles. The number of hydrogen-bond acceptors (Lipinski definition) is 4. The highest BCUT2D eigenvalue weighted by atomic mass is 32.1. The van der Waals surface area contributed by atoms with Gasteiger partial charge in [0.15, 0.2) is 6.10 Å². The maximum absolute atomic E-state index is 11.2. The molecule has 18 heavy (non-hydrogen) atoms. The van der Waals surface area contributed by atoms with Crippen molar-refractivity contribution in [1.82, 2.24) is 5.32 Å². The number of carboxylic acid groups (broad SMARTS) is 1. The van der Waals surface area contributed by atoms with Gasteiger partial charge in [-0.2, -0.15) is 12.6 Å². The molecule has 6 heteroatoms. The van der Waals surface area contributed by atoms with Crippen molar-refractivity contribution in [3.05, 3.63) is 35.9 Å². The predicted octanol–water partition coefficient (Wildman–Crippen LogP) is 0.0892. The van der Waals surface area contributed by atoms with E-state index in [4.69, 9.17) is 5.11 Å². The summed E-state index contributed by atoms with van der Waals surface area (Å²) < 4.78 is 0. The molecule has 0 aliphatic carbocycles. The van der Waals surface area contributed by atoms with E-state index in [0.29, 0.717) is 0 Å². The van der Waals surface area contributed by atoms with Crippen molar-refractivity contribution in [2.45, 2.75) is 18.6 Å². The first-order valence-corrected chi connectivity index (χ1v) is 6.03. The van der Waals surface area contributed by atoms with Gasteiger partial charge >= 0.3 is 5.97 Å². The monoisotopic (exact) mass is 269 g/mol. The second kappa shape index (κ2) is 7.03. The van der Waals surface area contributed by atoms with Crippen LogP contribution in [0, 0.1) is 0 Å². The van der Waals surface area contributed by atoms with Gasteiger partial charge in [-0.1, -0.05) is 30.3 Å². The molecule has 2 atom stereocenters. The minimum absolute atomic E-state index is 0.0579. The SMILES string of the molecule is O=C(CS)N[C@@H](Cc1ccccc1)[C@H](O)C(=O)O. The van der Waals surface area contributed by atoms with Crippen LogP contribution in [-0.2, 0) is 16.0 Å². The zero-order chi connectivity index (χ0) is 13.5. The third kappa shape index (κ3) is 4.38. The molecule has 3 N–H and O–H groups in total. The summed E-state index contributed by atoms with van der Waals surface area (Å²) in [6.45, 7) is 0. The summed E-state index contributed by atoms with van der Waals surface area (Å²) in [6, 6.07) is 8.17. The molecule has 0 aliphatic heterocycles. The van der Waals surface area contributed by atoms with Gasteiger partial charge in [0.25, 0.3) is 0 Å². The predicted molar refractivity (Wildman–Crippen MR) is 69.6 cm³/mol. The Morgan fingerprint density at radius 3 is 2.39 bits per heavy atom. The molecule has 98 valence electrons. The van der Waals surface area contributed by atoms with E-state index in [0.717, 1.165) is 5.56 Å². The molecule has 0 spiro atoms. The summed E-state index contributed by atoms with van der Waals surface area (Å²) >= 11 is 3.80. The average Bonchev–Trinajstić information content (AvgIpc) is 2.38. The van der Waals surface area contributed by atoms with Crippen molar-refractivity contribution >= 4 is 24.5 Å². The Bertz CT molecular complexity index is 410. The van der Waals surface area contributed by atoms with Crippen molar-refractivity contribution in [3.63, 3.8) is 0 Å². The van der Waals surface area contributed by atoms with Gasteiger partial charge in [-0.3, -0.25) is 4.79 Å². The highest BCUT2D eigenvalue weighted by Crippen LogP contribution is 2.07. The second-order valence-electron chi connectivity index (χ2n) is 3.80. The molecule has 5 nitrogen and oxygen atoms in total. The molecule has 0 radical (unpaired) electrons. The number of benzene rings is 1. The van der Waals surface area contributed by atoms with E-state index in [9.17, 15) is 14.7 Å². The summed E-state index contributed by atoms with van der Waals surface area (Å²) in [5.74, 6) is -1.84. The van der Waals surface area contributed by atoms with E-state index in [2.05, 4.69) is 17.9 Å². The third-order valence-corrected chi connectivity index (χ3v) is 2.71. The molecule has 0 saturated carbocycles. The molecular weight excluding hydrogens is 254 g/mol. The molecule has 0 heterocycles. The van der Waals surface area contributed by atoms with E-state index in [1.165, 1.54) is 0 Å². The molecule has 1 rings (SSSR count). The summed E-state index contributed by atoms with van der Waals surface area (Å²) in [5, 5.41) is 20.8. The van der Waals surface area contributed by atoms with Gasteiger partial charge in [-0.15, -0.1) is 0 Å². The van der Waals surface area contributed by atoms with Gasteiger partial charge < -0.3 is 15.5 Å². The summed E-state index contributed by atoms with van der Waals surface area (Å²) in [7, 11) is 0. The Balaban J connectivity index is 2.77. The van der Waals surface area contributed by atoms with E-state index in [1.807, 2.05) is 6.07 Å². The highest BCUT2D eigenvalue weighted by Gasteiger charge is 2.27. The second-order valence-corrected chi connectivity index (χ2v) is 4.12. The Hall–Kier alpha value is -1.53. The number of rotatable bonds is 6. The molecular formula is C12H15NO4S. The highest BCUT2D eigenvalue weighted by molar-refractivity contribution is 7.81. The molecule has 0 unspecified atom stereocenters. The summed E-state index contributed by atoms with van der Waals surface area (Å²) in [4.78, 5) is 22.0. The lowest BCUT2D eigenvalue weighted by Crippen LogP contribution is -2.48. The Labute approximate surface area is 110 Å². The van der Waals surface area contributed by atoms with Crippen LogP contribution >= 0.6 is 12.6 Å².